The minimum atomic E-state index is 0.0792. The molecule has 0 fully saturated rings. The van der Waals surface area contributed by atoms with Crippen LogP contribution in [0.15, 0.2) is 48.5 Å². The van der Waals surface area contributed by atoms with Crippen LogP contribution in [0.1, 0.15) is 19.4 Å². The van der Waals surface area contributed by atoms with Gasteiger partial charge in [0.25, 0.3) is 0 Å². The van der Waals surface area contributed by atoms with E-state index in [9.17, 15) is 0 Å². The third kappa shape index (κ3) is 3.45. The number of aromatic amines is 1. The van der Waals surface area contributed by atoms with Crippen LogP contribution in [0.2, 0.25) is 5.02 Å². The maximum atomic E-state index is 6.31. The number of H-pyrrole nitrogens is 1. The predicted octanol–water partition coefficient (Wildman–Crippen LogP) is 5.17. The van der Waals surface area contributed by atoms with E-state index in [4.69, 9.17) is 22.8 Å². The fourth-order valence-electron chi connectivity index (χ4n) is 2.40. The maximum Gasteiger partial charge on any atom is 0.138 e. The molecule has 1 heterocycles. The second-order valence-electron chi connectivity index (χ2n) is 5.70. The zero-order valence-electron chi connectivity index (χ0n) is 13.5. The van der Waals surface area contributed by atoms with Gasteiger partial charge in [-0.2, -0.15) is 5.10 Å². The third-order valence-corrected chi connectivity index (χ3v) is 3.80. The van der Waals surface area contributed by atoms with E-state index in [2.05, 4.69) is 16.1 Å². The molecule has 2 aromatic carbocycles. The summed E-state index contributed by atoms with van der Waals surface area (Å²) in [5.74, 6) is 3.31. The van der Waals surface area contributed by atoms with E-state index < -0.39 is 0 Å². The number of aromatic nitrogens is 2. The summed E-state index contributed by atoms with van der Waals surface area (Å²) < 4.78 is 5.66. The number of nitrogens with zero attached hydrogens (tertiary/aromatic N) is 1. The Bertz CT molecular complexity index is 906. The molecule has 4 heteroatoms. The zero-order valence-corrected chi connectivity index (χ0v) is 14.3. The summed E-state index contributed by atoms with van der Waals surface area (Å²) in [6, 6.07) is 15.4. The molecule has 0 saturated carbocycles. The number of nitrogens with one attached hydrogen (secondary N) is 1. The zero-order chi connectivity index (χ0) is 17.1. The SMILES string of the molecule is C#Cc1cccc(-c2cc(-c3ccc(OC(C)C)c(Cl)c3)[nH]n2)c1. The summed E-state index contributed by atoms with van der Waals surface area (Å²) in [5.41, 5.74) is 4.46. The molecule has 24 heavy (non-hydrogen) atoms. The van der Waals surface area contributed by atoms with E-state index in [0.29, 0.717) is 10.8 Å². The first-order chi connectivity index (χ1) is 11.6. The normalized spacial score (nSPS) is 10.6. The molecule has 1 aromatic heterocycles. The Hall–Kier alpha value is -2.70. The average Bonchev–Trinajstić information content (AvgIpc) is 3.06. The Morgan fingerprint density at radius 1 is 1.12 bits per heavy atom. The molecule has 0 saturated heterocycles. The van der Waals surface area contributed by atoms with Crippen molar-refractivity contribution in [3.8, 4) is 40.6 Å². The van der Waals surface area contributed by atoms with Crippen LogP contribution in [-0.4, -0.2) is 16.3 Å². The van der Waals surface area contributed by atoms with Gasteiger partial charge in [-0.15, -0.1) is 6.42 Å². The molecule has 120 valence electrons. The van der Waals surface area contributed by atoms with E-state index in [1.54, 1.807) is 0 Å². The fraction of sp³-hybridized carbons (Fsp3) is 0.150. The van der Waals surface area contributed by atoms with E-state index >= 15 is 0 Å². The van der Waals surface area contributed by atoms with Gasteiger partial charge in [-0.25, -0.2) is 0 Å². The average molecular weight is 337 g/mol. The molecule has 0 atom stereocenters. The second kappa shape index (κ2) is 6.82. The highest BCUT2D eigenvalue weighted by Gasteiger charge is 2.10. The predicted molar refractivity (Wildman–Crippen MR) is 98.2 cm³/mol. The largest absolute Gasteiger partial charge is 0.489 e. The van der Waals surface area contributed by atoms with Crippen molar-refractivity contribution < 1.29 is 4.74 Å². The highest BCUT2D eigenvalue weighted by molar-refractivity contribution is 6.32. The topological polar surface area (TPSA) is 37.9 Å². The Morgan fingerprint density at radius 3 is 2.67 bits per heavy atom. The number of rotatable bonds is 4. The summed E-state index contributed by atoms with van der Waals surface area (Å²) in [6.07, 6.45) is 5.53. The summed E-state index contributed by atoms with van der Waals surface area (Å²) in [4.78, 5) is 0. The van der Waals surface area contributed by atoms with Crippen molar-refractivity contribution in [1.82, 2.24) is 10.2 Å². The molecule has 0 unspecified atom stereocenters. The van der Waals surface area contributed by atoms with E-state index in [1.165, 1.54) is 0 Å². The molecule has 3 aromatic rings. The molecule has 1 N–H and O–H groups in total. The summed E-state index contributed by atoms with van der Waals surface area (Å²) in [5, 5.41) is 7.99. The van der Waals surface area contributed by atoms with Crippen molar-refractivity contribution in [1.29, 1.82) is 0 Å². The summed E-state index contributed by atoms with van der Waals surface area (Å²) in [7, 11) is 0. The van der Waals surface area contributed by atoms with Crippen molar-refractivity contribution in [2.24, 2.45) is 0 Å². The first-order valence-corrected chi connectivity index (χ1v) is 8.03. The lowest BCUT2D eigenvalue weighted by atomic mass is 10.1. The Morgan fingerprint density at radius 2 is 1.96 bits per heavy atom. The van der Waals surface area contributed by atoms with Gasteiger partial charge in [0.1, 0.15) is 5.75 Å². The van der Waals surface area contributed by atoms with Gasteiger partial charge in [-0.3, -0.25) is 5.10 Å². The molecule has 0 radical (unpaired) electrons. The fourth-order valence-corrected chi connectivity index (χ4v) is 2.63. The van der Waals surface area contributed by atoms with Gasteiger partial charge in [0, 0.05) is 16.7 Å². The monoisotopic (exact) mass is 336 g/mol. The molecule has 3 rings (SSSR count). The van der Waals surface area contributed by atoms with Crippen molar-refractivity contribution in [3.05, 3.63) is 59.1 Å². The van der Waals surface area contributed by atoms with Gasteiger partial charge in [-0.05, 0) is 50.2 Å². The standard InChI is InChI=1S/C20H17ClN2O/c1-4-14-6-5-7-15(10-14)18-12-19(23-22-18)16-8-9-20(17(21)11-16)24-13(2)3/h1,5-13H,2-3H3,(H,22,23). The molecule has 3 nitrogen and oxygen atoms in total. The van der Waals surface area contributed by atoms with E-state index in [1.807, 2.05) is 62.4 Å². The van der Waals surface area contributed by atoms with Crippen molar-refractivity contribution in [3.63, 3.8) is 0 Å². The number of hydrogen-bond donors (Lipinski definition) is 1. The molecule has 0 aliphatic carbocycles. The number of ether oxygens (including phenoxy) is 1. The number of benzene rings is 2. The third-order valence-electron chi connectivity index (χ3n) is 3.51. The van der Waals surface area contributed by atoms with E-state index in [-0.39, 0.29) is 6.10 Å². The van der Waals surface area contributed by atoms with Crippen LogP contribution in [0.5, 0.6) is 5.75 Å². The maximum absolute atomic E-state index is 6.31. The van der Waals surface area contributed by atoms with Crippen LogP contribution >= 0.6 is 11.6 Å². The minimum absolute atomic E-state index is 0.0792. The molecule has 0 amide bonds. The Labute approximate surface area is 146 Å². The van der Waals surface area contributed by atoms with Gasteiger partial charge in [-0.1, -0.05) is 29.7 Å². The van der Waals surface area contributed by atoms with Crippen LogP contribution in [0.3, 0.4) is 0 Å². The number of hydrogen-bond acceptors (Lipinski definition) is 2. The Balaban J connectivity index is 1.90. The Kier molecular flexibility index (Phi) is 4.59. The van der Waals surface area contributed by atoms with Crippen molar-refractivity contribution >= 4 is 11.6 Å². The van der Waals surface area contributed by atoms with E-state index in [0.717, 1.165) is 28.1 Å². The van der Waals surface area contributed by atoms with Crippen molar-refractivity contribution in [2.45, 2.75) is 20.0 Å². The van der Waals surface area contributed by atoms with Crippen LogP contribution in [0.25, 0.3) is 22.5 Å². The highest BCUT2D eigenvalue weighted by atomic mass is 35.5. The van der Waals surface area contributed by atoms with Crippen LogP contribution in [0.4, 0.5) is 0 Å². The van der Waals surface area contributed by atoms with Gasteiger partial charge in [0.15, 0.2) is 0 Å². The molecular formula is C20H17ClN2O. The second-order valence-corrected chi connectivity index (χ2v) is 6.11. The lowest BCUT2D eigenvalue weighted by molar-refractivity contribution is 0.242. The van der Waals surface area contributed by atoms with Crippen LogP contribution in [-0.2, 0) is 0 Å². The molecule has 0 aliphatic rings. The lowest BCUT2D eigenvalue weighted by Gasteiger charge is -2.11. The summed E-state index contributed by atoms with van der Waals surface area (Å²) in [6.45, 7) is 3.94. The van der Waals surface area contributed by atoms with Crippen LogP contribution < -0.4 is 4.74 Å². The molecule has 0 bridgehead atoms. The minimum Gasteiger partial charge on any atom is -0.489 e. The number of terminal acetylenes is 1. The van der Waals surface area contributed by atoms with Gasteiger partial charge in [0.05, 0.1) is 22.5 Å². The molecule has 0 spiro atoms. The highest BCUT2D eigenvalue weighted by Crippen LogP contribution is 2.31. The van der Waals surface area contributed by atoms with Gasteiger partial charge in [0.2, 0.25) is 0 Å². The summed E-state index contributed by atoms with van der Waals surface area (Å²) >= 11 is 6.31. The smallest absolute Gasteiger partial charge is 0.138 e. The van der Waals surface area contributed by atoms with Crippen molar-refractivity contribution in [2.75, 3.05) is 0 Å². The lowest BCUT2D eigenvalue weighted by Crippen LogP contribution is -2.05. The number of halogens is 1. The van der Waals surface area contributed by atoms with Gasteiger partial charge >= 0.3 is 0 Å². The van der Waals surface area contributed by atoms with Gasteiger partial charge < -0.3 is 4.74 Å². The first kappa shape index (κ1) is 16.2. The molecule has 0 aliphatic heterocycles. The molecular weight excluding hydrogens is 320 g/mol. The quantitative estimate of drug-likeness (QED) is 0.668. The first-order valence-electron chi connectivity index (χ1n) is 7.66. The van der Waals surface area contributed by atoms with Crippen LogP contribution in [0, 0.1) is 12.3 Å².